The van der Waals surface area contributed by atoms with Crippen molar-refractivity contribution in [1.82, 2.24) is 15.3 Å². The predicted octanol–water partition coefficient (Wildman–Crippen LogP) is 1.63. The molecule has 0 aliphatic carbocycles. The molecule has 0 aliphatic heterocycles. The van der Waals surface area contributed by atoms with Crippen LogP contribution in [0.25, 0.3) is 0 Å². The smallest absolute Gasteiger partial charge is 0.0724 e. The highest BCUT2D eigenvalue weighted by atomic mass is 35.5. The van der Waals surface area contributed by atoms with E-state index in [1.807, 2.05) is 13.0 Å². The fourth-order valence-corrected chi connectivity index (χ4v) is 0.928. The van der Waals surface area contributed by atoms with Crippen LogP contribution in [0.15, 0.2) is 24.0 Å². The molecule has 1 aromatic rings. The molecule has 1 aromatic heterocycles. The second-order valence-corrected chi connectivity index (χ2v) is 2.89. The molecule has 0 bridgehead atoms. The molecule has 0 aliphatic rings. The lowest BCUT2D eigenvalue weighted by atomic mass is 10.4. The summed E-state index contributed by atoms with van der Waals surface area (Å²) >= 11 is 5.36. The van der Waals surface area contributed by atoms with Gasteiger partial charge in [-0.25, -0.2) is 0 Å². The van der Waals surface area contributed by atoms with Crippen molar-refractivity contribution in [3.8, 4) is 0 Å². The summed E-state index contributed by atoms with van der Waals surface area (Å²) in [5.74, 6) is 0. The SMILES string of the molecule is Cc1cnc(CNC/C=C/Cl)cn1. The number of aryl methyl sites for hydroxylation is 1. The summed E-state index contributed by atoms with van der Waals surface area (Å²) in [5.41, 5.74) is 3.37. The molecule has 0 amide bonds. The normalized spacial score (nSPS) is 10.9. The van der Waals surface area contributed by atoms with Gasteiger partial charge in [0.2, 0.25) is 0 Å². The molecular weight excluding hydrogens is 186 g/mol. The number of hydrogen-bond acceptors (Lipinski definition) is 3. The van der Waals surface area contributed by atoms with Gasteiger partial charge >= 0.3 is 0 Å². The van der Waals surface area contributed by atoms with E-state index in [9.17, 15) is 0 Å². The number of halogens is 1. The van der Waals surface area contributed by atoms with Gasteiger partial charge in [-0.3, -0.25) is 9.97 Å². The van der Waals surface area contributed by atoms with E-state index in [-0.39, 0.29) is 0 Å². The van der Waals surface area contributed by atoms with Crippen molar-refractivity contribution in [3.05, 3.63) is 35.4 Å². The number of nitrogens with zero attached hydrogens (tertiary/aromatic N) is 2. The van der Waals surface area contributed by atoms with Crippen LogP contribution in [0.1, 0.15) is 11.4 Å². The third kappa shape index (κ3) is 4.01. The summed E-state index contributed by atoms with van der Waals surface area (Å²) < 4.78 is 0. The lowest BCUT2D eigenvalue weighted by Gasteiger charge is -2.00. The number of rotatable bonds is 4. The first kappa shape index (κ1) is 10.2. The van der Waals surface area contributed by atoms with Gasteiger partial charge in [0.25, 0.3) is 0 Å². The van der Waals surface area contributed by atoms with Gasteiger partial charge in [0.15, 0.2) is 0 Å². The van der Waals surface area contributed by atoms with Gasteiger partial charge in [-0.1, -0.05) is 17.7 Å². The first-order chi connectivity index (χ1) is 6.33. The number of hydrogen-bond donors (Lipinski definition) is 1. The zero-order valence-electron chi connectivity index (χ0n) is 7.50. The first-order valence-electron chi connectivity index (χ1n) is 4.06. The van der Waals surface area contributed by atoms with Gasteiger partial charge in [-0.15, -0.1) is 0 Å². The molecule has 1 rings (SSSR count). The van der Waals surface area contributed by atoms with Crippen LogP contribution in [0, 0.1) is 6.92 Å². The Morgan fingerprint density at radius 1 is 1.46 bits per heavy atom. The molecule has 13 heavy (non-hydrogen) atoms. The first-order valence-corrected chi connectivity index (χ1v) is 4.50. The van der Waals surface area contributed by atoms with Crippen LogP contribution in [0.4, 0.5) is 0 Å². The highest BCUT2D eigenvalue weighted by Gasteiger charge is 1.92. The van der Waals surface area contributed by atoms with Crippen molar-refractivity contribution < 1.29 is 0 Å². The summed E-state index contributed by atoms with van der Waals surface area (Å²) in [7, 11) is 0. The van der Waals surface area contributed by atoms with E-state index in [0.29, 0.717) is 6.54 Å². The molecule has 70 valence electrons. The van der Waals surface area contributed by atoms with Crippen LogP contribution < -0.4 is 5.32 Å². The second kappa shape index (κ2) is 5.67. The predicted molar refractivity (Wildman–Crippen MR) is 53.5 cm³/mol. The van der Waals surface area contributed by atoms with Crippen LogP contribution in [0.2, 0.25) is 0 Å². The van der Waals surface area contributed by atoms with Crippen LogP contribution in [-0.4, -0.2) is 16.5 Å². The lowest BCUT2D eigenvalue weighted by Crippen LogP contribution is -2.13. The molecule has 0 saturated carbocycles. The largest absolute Gasteiger partial charge is 0.308 e. The van der Waals surface area contributed by atoms with Gasteiger partial charge in [0.05, 0.1) is 11.4 Å². The minimum absolute atomic E-state index is 0.717. The molecule has 0 spiro atoms. The summed E-state index contributed by atoms with van der Waals surface area (Å²) in [6.45, 7) is 3.38. The maximum atomic E-state index is 5.36. The maximum absolute atomic E-state index is 5.36. The Bertz CT molecular complexity index is 269. The fraction of sp³-hybridized carbons (Fsp3) is 0.333. The zero-order chi connectivity index (χ0) is 9.52. The average molecular weight is 198 g/mol. The van der Waals surface area contributed by atoms with E-state index in [2.05, 4.69) is 15.3 Å². The highest BCUT2D eigenvalue weighted by molar-refractivity contribution is 6.25. The van der Waals surface area contributed by atoms with E-state index < -0.39 is 0 Å². The van der Waals surface area contributed by atoms with Gasteiger partial charge in [-0.05, 0) is 6.92 Å². The maximum Gasteiger partial charge on any atom is 0.0724 e. The van der Waals surface area contributed by atoms with Gasteiger partial charge < -0.3 is 5.32 Å². The number of nitrogens with one attached hydrogen (secondary N) is 1. The molecule has 0 aromatic carbocycles. The summed E-state index contributed by atoms with van der Waals surface area (Å²) in [4.78, 5) is 8.33. The minimum Gasteiger partial charge on any atom is -0.308 e. The van der Waals surface area contributed by atoms with Gasteiger partial charge in [0.1, 0.15) is 0 Å². The standard InChI is InChI=1S/C9H12ClN3/c1-8-5-13-9(7-12-8)6-11-4-2-3-10/h2-3,5,7,11H,4,6H2,1H3/b3-2+. The molecule has 0 atom stereocenters. The second-order valence-electron chi connectivity index (χ2n) is 2.64. The van der Waals surface area contributed by atoms with Crippen LogP contribution in [0.3, 0.4) is 0 Å². The van der Waals surface area contributed by atoms with Gasteiger partial charge in [-0.2, -0.15) is 0 Å². The van der Waals surface area contributed by atoms with E-state index in [4.69, 9.17) is 11.6 Å². The highest BCUT2D eigenvalue weighted by Crippen LogP contribution is 1.92. The van der Waals surface area contributed by atoms with E-state index >= 15 is 0 Å². The summed E-state index contributed by atoms with van der Waals surface area (Å²) in [6.07, 6.45) is 5.37. The third-order valence-electron chi connectivity index (χ3n) is 1.49. The van der Waals surface area contributed by atoms with Crippen molar-refractivity contribution in [2.45, 2.75) is 13.5 Å². The zero-order valence-corrected chi connectivity index (χ0v) is 8.25. The van der Waals surface area contributed by atoms with Crippen molar-refractivity contribution in [2.75, 3.05) is 6.54 Å². The van der Waals surface area contributed by atoms with Crippen molar-refractivity contribution >= 4 is 11.6 Å². The van der Waals surface area contributed by atoms with Crippen LogP contribution >= 0.6 is 11.6 Å². The average Bonchev–Trinajstić information content (AvgIpc) is 2.15. The Morgan fingerprint density at radius 2 is 2.31 bits per heavy atom. The molecule has 0 fully saturated rings. The quantitative estimate of drug-likeness (QED) is 0.746. The van der Waals surface area contributed by atoms with Gasteiger partial charge in [0, 0.05) is 31.0 Å². The molecule has 0 unspecified atom stereocenters. The molecule has 1 heterocycles. The Labute approximate surface area is 82.9 Å². The summed E-state index contributed by atoms with van der Waals surface area (Å²) in [5, 5.41) is 3.15. The lowest BCUT2D eigenvalue weighted by molar-refractivity contribution is 0.734. The molecular formula is C9H12ClN3. The van der Waals surface area contributed by atoms with Crippen molar-refractivity contribution in [2.24, 2.45) is 0 Å². The van der Waals surface area contributed by atoms with E-state index in [1.54, 1.807) is 12.4 Å². The Kier molecular flexibility index (Phi) is 4.43. The Morgan fingerprint density at radius 3 is 2.92 bits per heavy atom. The van der Waals surface area contributed by atoms with E-state index in [1.165, 1.54) is 5.54 Å². The molecule has 0 radical (unpaired) electrons. The van der Waals surface area contributed by atoms with Crippen molar-refractivity contribution in [3.63, 3.8) is 0 Å². The third-order valence-corrected chi connectivity index (χ3v) is 1.67. The van der Waals surface area contributed by atoms with Crippen LogP contribution in [0.5, 0.6) is 0 Å². The fourth-order valence-electron chi connectivity index (χ4n) is 0.839. The summed E-state index contributed by atoms with van der Waals surface area (Å²) in [6, 6.07) is 0. The van der Waals surface area contributed by atoms with E-state index in [0.717, 1.165) is 17.9 Å². The molecule has 3 nitrogen and oxygen atoms in total. The monoisotopic (exact) mass is 197 g/mol. The Balaban J connectivity index is 2.33. The molecule has 4 heteroatoms. The molecule has 0 saturated heterocycles. The minimum atomic E-state index is 0.717. The van der Waals surface area contributed by atoms with Crippen LogP contribution in [-0.2, 0) is 6.54 Å². The Hall–Kier alpha value is -0.930. The molecule has 1 N–H and O–H groups in total. The number of aromatic nitrogens is 2. The topological polar surface area (TPSA) is 37.8 Å². The van der Waals surface area contributed by atoms with Crippen molar-refractivity contribution in [1.29, 1.82) is 0 Å².